The third-order valence-corrected chi connectivity index (χ3v) is 6.27. The number of hydrogen-bond acceptors (Lipinski definition) is 3. The Morgan fingerprint density at radius 1 is 1.24 bits per heavy atom. The number of halogens is 1. The first-order valence-electron chi connectivity index (χ1n) is 9.53. The van der Waals surface area contributed by atoms with Crippen LogP contribution in [0.5, 0.6) is 0 Å². The van der Waals surface area contributed by atoms with Crippen molar-refractivity contribution in [2.24, 2.45) is 10.4 Å². The second kappa shape index (κ2) is 8.29. The lowest BCUT2D eigenvalue weighted by molar-refractivity contribution is 0.151. The van der Waals surface area contributed by atoms with Gasteiger partial charge in [-0.2, -0.15) is 0 Å². The topological polar surface area (TPSA) is 44.0 Å². The van der Waals surface area contributed by atoms with E-state index in [1.807, 2.05) is 13.1 Å². The average Bonchev–Trinajstić information content (AvgIpc) is 3.32. The van der Waals surface area contributed by atoms with E-state index in [9.17, 15) is 0 Å². The molecular formula is C19H31IN4O. The molecule has 1 atom stereocenters. The van der Waals surface area contributed by atoms with Crippen molar-refractivity contribution in [3.8, 4) is 0 Å². The summed E-state index contributed by atoms with van der Waals surface area (Å²) >= 11 is 0. The molecule has 25 heavy (non-hydrogen) atoms. The lowest BCUT2D eigenvalue weighted by atomic mass is 9.68. The van der Waals surface area contributed by atoms with Crippen LogP contribution in [0, 0.1) is 5.41 Å². The van der Waals surface area contributed by atoms with Crippen LogP contribution >= 0.6 is 24.0 Å². The Morgan fingerprint density at radius 3 is 2.60 bits per heavy atom. The molecule has 1 N–H and O–H groups in total. The van der Waals surface area contributed by atoms with E-state index in [0.29, 0.717) is 11.5 Å². The lowest BCUT2D eigenvalue weighted by Gasteiger charge is -2.38. The van der Waals surface area contributed by atoms with Gasteiger partial charge >= 0.3 is 0 Å². The summed E-state index contributed by atoms with van der Waals surface area (Å²) in [5.74, 6) is 2.13. The second-order valence-electron chi connectivity index (χ2n) is 7.73. The summed E-state index contributed by atoms with van der Waals surface area (Å²) in [6, 6.07) is 4.40. The second-order valence-corrected chi connectivity index (χ2v) is 7.73. The summed E-state index contributed by atoms with van der Waals surface area (Å²) in [5, 5.41) is 3.64. The highest BCUT2D eigenvalue weighted by Crippen LogP contribution is 2.47. The Morgan fingerprint density at radius 2 is 2.04 bits per heavy atom. The molecule has 2 saturated heterocycles. The molecule has 3 aliphatic rings. The smallest absolute Gasteiger partial charge is 0.193 e. The van der Waals surface area contributed by atoms with Crippen molar-refractivity contribution in [1.29, 1.82) is 0 Å². The number of nitrogens with one attached hydrogen (secondary N) is 1. The van der Waals surface area contributed by atoms with Crippen LogP contribution in [-0.2, 0) is 0 Å². The molecule has 0 bridgehead atoms. The van der Waals surface area contributed by atoms with Crippen LogP contribution in [0.15, 0.2) is 27.8 Å². The van der Waals surface area contributed by atoms with Gasteiger partial charge in [-0.3, -0.25) is 9.89 Å². The van der Waals surface area contributed by atoms with Crippen LogP contribution in [0.3, 0.4) is 0 Å². The van der Waals surface area contributed by atoms with E-state index in [1.54, 1.807) is 6.26 Å². The molecule has 1 aliphatic carbocycles. The van der Waals surface area contributed by atoms with Gasteiger partial charge in [-0.05, 0) is 62.7 Å². The van der Waals surface area contributed by atoms with Gasteiger partial charge in [0.1, 0.15) is 5.76 Å². The number of aliphatic imine (C=N–C) groups is 1. The Bertz CT molecular complexity index is 564. The third kappa shape index (κ3) is 3.99. The maximum atomic E-state index is 5.72. The Kier molecular flexibility index (Phi) is 6.30. The first-order valence-corrected chi connectivity index (χ1v) is 9.53. The molecular weight excluding hydrogens is 427 g/mol. The molecule has 5 nitrogen and oxygen atoms in total. The number of likely N-dealkylation sites (tertiary alicyclic amines) is 2. The lowest BCUT2D eigenvalue weighted by Crippen LogP contribution is -2.45. The molecule has 1 spiro atoms. The summed E-state index contributed by atoms with van der Waals surface area (Å²) in [6.07, 6.45) is 9.93. The molecule has 140 valence electrons. The number of rotatable bonds is 4. The minimum absolute atomic E-state index is 0. The SMILES string of the molecule is CN=C(NCC(c1ccco1)N1CCCC1)N1CCC2(CCC2)C1.I. The van der Waals surface area contributed by atoms with Crippen molar-refractivity contribution in [1.82, 2.24) is 15.1 Å². The number of furan rings is 1. The van der Waals surface area contributed by atoms with Crippen molar-refractivity contribution in [3.63, 3.8) is 0 Å². The predicted molar refractivity (Wildman–Crippen MR) is 112 cm³/mol. The first kappa shape index (κ1) is 19.0. The van der Waals surface area contributed by atoms with E-state index in [1.165, 1.54) is 58.2 Å². The zero-order valence-electron chi connectivity index (χ0n) is 15.2. The van der Waals surface area contributed by atoms with Gasteiger partial charge in [0.2, 0.25) is 0 Å². The van der Waals surface area contributed by atoms with Gasteiger partial charge < -0.3 is 14.6 Å². The van der Waals surface area contributed by atoms with Gasteiger partial charge in [-0.1, -0.05) is 6.42 Å². The van der Waals surface area contributed by atoms with Gasteiger partial charge in [-0.25, -0.2) is 0 Å². The minimum atomic E-state index is 0. The van der Waals surface area contributed by atoms with Crippen LogP contribution in [0.1, 0.15) is 50.3 Å². The predicted octanol–water partition coefficient (Wildman–Crippen LogP) is 3.49. The normalized spacial score (nSPS) is 24.2. The van der Waals surface area contributed by atoms with Crippen molar-refractivity contribution < 1.29 is 4.42 Å². The van der Waals surface area contributed by atoms with Crippen molar-refractivity contribution in [2.75, 3.05) is 39.8 Å². The van der Waals surface area contributed by atoms with Crippen LogP contribution < -0.4 is 5.32 Å². The van der Waals surface area contributed by atoms with Gasteiger partial charge in [0.05, 0.1) is 12.3 Å². The average molecular weight is 458 g/mol. The molecule has 1 unspecified atom stereocenters. The zero-order chi connectivity index (χ0) is 16.4. The highest BCUT2D eigenvalue weighted by molar-refractivity contribution is 14.0. The van der Waals surface area contributed by atoms with Crippen LogP contribution in [0.2, 0.25) is 0 Å². The van der Waals surface area contributed by atoms with E-state index in [0.717, 1.165) is 24.8 Å². The van der Waals surface area contributed by atoms with E-state index in [2.05, 4.69) is 26.2 Å². The van der Waals surface area contributed by atoms with Gasteiger partial charge in [-0.15, -0.1) is 24.0 Å². The van der Waals surface area contributed by atoms with E-state index in [4.69, 9.17) is 4.42 Å². The highest BCUT2D eigenvalue weighted by atomic mass is 127. The Labute approximate surface area is 168 Å². The van der Waals surface area contributed by atoms with E-state index >= 15 is 0 Å². The fourth-order valence-corrected chi connectivity index (χ4v) is 4.66. The minimum Gasteiger partial charge on any atom is -0.468 e. The maximum Gasteiger partial charge on any atom is 0.193 e. The molecule has 0 radical (unpaired) electrons. The largest absolute Gasteiger partial charge is 0.468 e. The van der Waals surface area contributed by atoms with E-state index in [-0.39, 0.29) is 24.0 Å². The third-order valence-electron chi connectivity index (χ3n) is 6.27. The van der Waals surface area contributed by atoms with Gasteiger partial charge in [0.15, 0.2) is 5.96 Å². The molecule has 3 fully saturated rings. The number of guanidine groups is 1. The van der Waals surface area contributed by atoms with Crippen LogP contribution in [-0.4, -0.2) is 55.5 Å². The quantitative estimate of drug-likeness (QED) is 0.426. The molecule has 3 heterocycles. The summed E-state index contributed by atoms with van der Waals surface area (Å²) in [6.45, 7) is 5.53. The van der Waals surface area contributed by atoms with Crippen molar-refractivity contribution in [3.05, 3.63) is 24.2 Å². The molecule has 2 aliphatic heterocycles. The summed E-state index contributed by atoms with van der Waals surface area (Å²) in [7, 11) is 1.91. The summed E-state index contributed by atoms with van der Waals surface area (Å²) in [4.78, 5) is 9.56. The van der Waals surface area contributed by atoms with Crippen LogP contribution in [0.4, 0.5) is 0 Å². The molecule has 1 aromatic rings. The van der Waals surface area contributed by atoms with Crippen LogP contribution in [0.25, 0.3) is 0 Å². The molecule has 0 amide bonds. The summed E-state index contributed by atoms with van der Waals surface area (Å²) < 4.78 is 5.72. The van der Waals surface area contributed by atoms with Gasteiger partial charge in [0.25, 0.3) is 0 Å². The zero-order valence-corrected chi connectivity index (χ0v) is 17.6. The standard InChI is InChI=1S/C19H30N4O.HI/c1-20-18(23-12-9-19(15-23)7-5-8-19)21-14-16(17-6-4-13-24-17)22-10-2-3-11-22;/h4,6,13,16H,2-3,5,7-12,14-15H2,1H3,(H,20,21);1H. The Hall–Kier alpha value is -0.760. The Balaban J connectivity index is 0.00000182. The summed E-state index contributed by atoms with van der Waals surface area (Å²) in [5.41, 5.74) is 0.604. The monoisotopic (exact) mass is 458 g/mol. The molecule has 6 heteroatoms. The number of hydrogen-bond donors (Lipinski definition) is 1. The first-order chi connectivity index (χ1) is 11.8. The van der Waals surface area contributed by atoms with Gasteiger partial charge in [0, 0.05) is 26.7 Å². The molecule has 1 saturated carbocycles. The van der Waals surface area contributed by atoms with Crippen molar-refractivity contribution >= 4 is 29.9 Å². The molecule has 4 rings (SSSR count). The van der Waals surface area contributed by atoms with Crippen molar-refractivity contribution in [2.45, 2.75) is 44.6 Å². The highest BCUT2D eigenvalue weighted by Gasteiger charge is 2.43. The number of nitrogens with zero attached hydrogens (tertiary/aromatic N) is 3. The maximum absolute atomic E-state index is 5.72. The fraction of sp³-hybridized carbons (Fsp3) is 0.737. The molecule has 1 aromatic heterocycles. The fourth-order valence-electron chi connectivity index (χ4n) is 4.66. The molecule has 0 aromatic carbocycles. The van der Waals surface area contributed by atoms with E-state index < -0.39 is 0 Å².